The largest absolute Gasteiger partial charge is 0.497 e. The molecule has 2 fully saturated rings. The number of likely N-dealkylation sites (tertiary alicyclic amines) is 2. The zero-order chi connectivity index (χ0) is 22.9. The van der Waals surface area contributed by atoms with Gasteiger partial charge in [0.1, 0.15) is 17.1 Å². The molecule has 3 aliphatic rings. The van der Waals surface area contributed by atoms with Gasteiger partial charge in [0, 0.05) is 38.5 Å². The van der Waals surface area contributed by atoms with Gasteiger partial charge < -0.3 is 24.6 Å². The highest BCUT2D eigenvalue weighted by Gasteiger charge is 2.41. The summed E-state index contributed by atoms with van der Waals surface area (Å²) in [5.74, 6) is 0.834. The monoisotopic (exact) mass is 443 g/mol. The van der Waals surface area contributed by atoms with Crippen molar-refractivity contribution in [2.75, 3.05) is 39.8 Å². The Morgan fingerprint density at radius 3 is 2.75 bits per heavy atom. The Kier molecular flexibility index (Phi) is 6.05. The minimum Gasteiger partial charge on any atom is -0.497 e. The van der Waals surface area contributed by atoms with Gasteiger partial charge in [-0.3, -0.25) is 14.4 Å². The normalized spacial score (nSPS) is 25.3. The van der Waals surface area contributed by atoms with E-state index in [9.17, 15) is 14.4 Å². The van der Waals surface area contributed by atoms with Gasteiger partial charge in [0.2, 0.25) is 11.8 Å². The lowest BCUT2D eigenvalue weighted by molar-refractivity contribution is -0.142. The smallest absolute Gasteiger partial charge is 0.255 e. The van der Waals surface area contributed by atoms with Gasteiger partial charge in [-0.15, -0.1) is 0 Å². The molecule has 0 saturated carbocycles. The van der Waals surface area contributed by atoms with Crippen LogP contribution in [0.4, 0.5) is 0 Å². The van der Waals surface area contributed by atoms with E-state index in [4.69, 9.17) is 9.47 Å². The number of amides is 3. The summed E-state index contributed by atoms with van der Waals surface area (Å²) >= 11 is 0. The van der Waals surface area contributed by atoms with E-state index in [0.29, 0.717) is 43.0 Å². The summed E-state index contributed by atoms with van der Waals surface area (Å²) in [7, 11) is 1.57. The number of piperidine rings is 1. The molecule has 1 aromatic carbocycles. The van der Waals surface area contributed by atoms with Gasteiger partial charge in [-0.1, -0.05) is 13.8 Å². The van der Waals surface area contributed by atoms with Crippen LogP contribution in [-0.4, -0.2) is 73.0 Å². The lowest BCUT2D eigenvalue weighted by atomic mass is 9.84. The number of benzene rings is 1. The highest BCUT2D eigenvalue weighted by atomic mass is 16.5. The number of nitrogens with one attached hydrogen (secondary N) is 1. The molecule has 0 aromatic heterocycles. The van der Waals surface area contributed by atoms with Crippen molar-refractivity contribution in [1.29, 1.82) is 0 Å². The van der Waals surface area contributed by atoms with Gasteiger partial charge in [-0.25, -0.2) is 0 Å². The molecule has 4 rings (SSSR count). The van der Waals surface area contributed by atoms with Crippen LogP contribution in [0, 0.1) is 5.41 Å². The molecular weight excluding hydrogens is 410 g/mol. The number of carbonyl (C=O) groups is 3. The van der Waals surface area contributed by atoms with Crippen molar-refractivity contribution in [3.8, 4) is 11.5 Å². The second-order valence-corrected chi connectivity index (χ2v) is 9.98. The fourth-order valence-electron chi connectivity index (χ4n) is 4.93. The first-order chi connectivity index (χ1) is 15.2. The van der Waals surface area contributed by atoms with E-state index in [1.165, 1.54) is 0 Å². The molecule has 3 aliphatic heterocycles. The Hall–Kier alpha value is -2.77. The SMILES string of the molecule is COc1ccc2c(c1)O[C@]1(CCC(=O)N(CC(=O)N3CCCC(C)(C)C3)CC1)CNC2=O. The molecule has 0 radical (unpaired) electrons. The Morgan fingerprint density at radius 1 is 1.19 bits per heavy atom. The third-order valence-corrected chi connectivity index (χ3v) is 6.89. The van der Waals surface area contributed by atoms with Gasteiger partial charge in [-0.2, -0.15) is 0 Å². The van der Waals surface area contributed by atoms with Crippen LogP contribution in [0.1, 0.15) is 56.3 Å². The van der Waals surface area contributed by atoms with Crippen LogP contribution in [0.25, 0.3) is 0 Å². The standard InChI is InChI=1S/C24H33N3O5/c1-23(2)8-4-11-27(16-23)21(29)14-26-12-10-24(9-7-20(26)28)15-25-22(30)18-6-5-17(31-3)13-19(18)32-24/h5-6,13H,4,7-12,14-16H2,1-3H3,(H,25,30)/t24-/m0/s1. The van der Waals surface area contributed by atoms with E-state index in [1.54, 1.807) is 30.2 Å². The number of hydrogen-bond acceptors (Lipinski definition) is 5. The van der Waals surface area contributed by atoms with E-state index in [2.05, 4.69) is 19.2 Å². The molecule has 8 heteroatoms. The molecule has 0 bridgehead atoms. The minimum absolute atomic E-state index is 0.00671. The molecule has 1 spiro atoms. The molecule has 8 nitrogen and oxygen atoms in total. The van der Waals surface area contributed by atoms with Crippen LogP contribution >= 0.6 is 0 Å². The maximum atomic E-state index is 12.9. The number of hydrogen-bond donors (Lipinski definition) is 1. The fourth-order valence-corrected chi connectivity index (χ4v) is 4.93. The number of fused-ring (bicyclic) bond motifs is 1. The van der Waals surface area contributed by atoms with Crippen LogP contribution in [0.3, 0.4) is 0 Å². The van der Waals surface area contributed by atoms with E-state index >= 15 is 0 Å². The van der Waals surface area contributed by atoms with Crippen LogP contribution in [-0.2, 0) is 9.59 Å². The number of ether oxygens (including phenoxy) is 2. The van der Waals surface area contributed by atoms with Gasteiger partial charge >= 0.3 is 0 Å². The second kappa shape index (κ2) is 8.64. The summed E-state index contributed by atoms with van der Waals surface area (Å²) in [6.07, 6.45) is 3.38. The lowest BCUT2D eigenvalue weighted by Gasteiger charge is -2.39. The summed E-state index contributed by atoms with van der Waals surface area (Å²) in [6.45, 7) is 6.67. The summed E-state index contributed by atoms with van der Waals surface area (Å²) in [6, 6.07) is 5.13. The Balaban J connectivity index is 1.47. The Labute approximate surface area is 189 Å². The minimum atomic E-state index is -0.701. The van der Waals surface area contributed by atoms with Gasteiger partial charge in [0.15, 0.2) is 0 Å². The molecule has 1 N–H and O–H groups in total. The summed E-state index contributed by atoms with van der Waals surface area (Å²) < 4.78 is 11.7. The van der Waals surface area contributed by atoms with Crippen molar-refractivity contribution < 1.29 is 23.9 Å². The molecule has 174 valence electrons. The molecule has 32 heavy (non-hydrogen) atoms. The zero-order valence-electron chi connectivity index (χ0n) is 19.2. The number of rotatable bonds is 3. The average molecular weight is 444 g/mol. The zero-order valence-corrected chi connectivity index (χ0v) is 19.2. The molecular formula is C24H33N3O5. The summed E-state index contributed by atoms with van der Waals surface area (Å²) in [5.41, 5.74) is -0.131. The number of carbonyl (C=O) groups excluding carboxylic acids is 3. The van der Waals surface area contributed by atoms with Gasteiger partial charge in [0.25, 0.3) is 5.91 Å². The predicted molar refractivity (Wildman–Crippen MR) is 119 cm³/mol. The van der Waals surface area contributed by atoms with Crippen molar-refractivity contribution in [3.05, 3.63) is 23.8 Å². The molecule has 3 heterocycles. The van der Waals surface area contributed by atoms with Gasteiger partial charge in [0.05, 0.1) is 25.8 Å². The topological polar surface area (TPSA) is 88.2 Å². The van der Waals surface area contributed by atoms with Crippen LogP contribution < -0.4 is 14.8 Å². The number of nitrogens with zero attached hydrogens (tertiary/aromatic N) is 2. The van der Waals surface area contributed by atoms with E-state index in [1.807, 2.05) is 4.90 Å². The highest BCUT2D eigenvalue weighted by molar-refractivity contribution is 5.97. The van der Waals surface area contributed by atoms with Crippen LogP contribution in [0.15, 0.2) is 18.2 Å². The predicted octanol–water partition coefficient (Wildman–Crippen LogP) is 2.22. The first-order valence-electron chi connectivity index (χ1n) is 11.4. The van der Waals surface area contributed by atoms with Gasteiger partial charge in [-0.05, 0) is 36.8 Å². The highest BCUT2D eigenvalue weighted by Crippen LogP contribution is 2.35. The van der Waals surface area contributed by atoms with E-state index in [0.717, 1.165) is 25.9 Å². The maximum Gasteiger partial charge on any atom is 0.255 e. The second-order valence-electron chi connectivity index (χ2n) is 9.98. The molecule has 0 unspecified atom stereocenters. The van der Waals surface area contributed by atoms with Crippen molar-refractivity contribution in [1.82, 2.24) is 15.1 Å². The first-order valence-corrected chi connectivity index (χ1v) is 11.4. The molecule has 2 saturated heterocycles. The van der Waals surface area contributed by atoms with Crippen LogP contribution in [0.5, 0.6) is 11.5 Å². The summed E-state index contributed by atoms with van der Waals surface area (Å²) in [4.78, 5) is 41.9. The van der Waals surface area contributed by atoms with Crippen molar-refractivity contribution in [2.24, 2.45) is 5.41 Å². The Morgan fingerprint density at radius 2 is 2.00 bits per heavy atom. The number of methoxy groups -OCH3 is 1. The van der Waals surface area contributed by atoms with Crippen molar-refractivity contribution in [3.63, 3.8) is 0 Å². The first kappa shape index (κ1) is 22.4. The molecule has 3 amide bonds. The quantitative estimate of drug-likeness (QED) is 0.774. The van der Waals surface area contributed by atoms with Crippen LogP contribution in [0.2, 0.25) is 0 Å². The summed E-state index contributed by atoms with van der Waals surface area (Å²) in [5, 5.41) is 2.95. The third-order valence-electron chi connectivity index (χ3n) is 6.89. The van der Waals surface area contributed by atoms with Crippen molar-refractivity contribution in [2.45, 2.75) is 51.6 Å². The third kappa shape index (κ3) is 4.69. The maximum absolute atomic E-state index is 12.9. The molecule has 0 aliphatic carbocycles. The van der Waals surface area contributed by atoms with E-state index < -0.39 is 5.60 Å². The molecule has 1 aromatic rings. The molecule has 1 atom stereocenters. The average Bonchev–Trinajstić information content (AvgIpc) is 3.00. The fraction of sp³-hybridized carbons (Fsp3) is 0.625. The lowest BCUT2D eigenvalue weighted by Crippen LogP contribution is -2.49. The Bertz CT molecular complexity index is 915. The van der Waals surface area contributed by atoms with E-state index in [-0.39, 0.29) is 36.1 Å². The van der Waals surface area contributed by atoms with Crippen molar-refractivity contribution >= 4 is 17.7 Å².